The van der Waals surface area contributed by atoms with Gasteiger partial charge in [0.25, 0.3) is 11.8 Å². The van der Waals surface area contributed by atoms with E-state index in [1.807, 2.05) is 0 Å². The van der Waals surface area contributed by atoms with Crippen LogP contribution in [0.3, 0.4) is 0 Å². The second kappa shape index (κ2) is 9.26. The number of methoxy groups -OCH3 is 1. The van der Waals surface area contributed by atoms with Crippen LogP contribution in [-0.2, 0) is 21.7 Å². The van der Waals surface area contributed by atoms with Crippen molar-refractivity contribution in [1.29, 1.82) is 0 Å². The minimum atomic E-state index is -2.02. The van der Waals surface area contributed by atoms with Gasteiger partial charge in [-0.25, -0.2) is 18.3 Å². The van der Waals surface area contributed by atoms with Crippen LogP contribution in [0.1, 0.15) is 45.8 Å². The molecule has 10 heteroatoms. The third-order valence-corrected chi connectivity index (χ3v) is 5.66. The molecule has 8 nitrogen and oxygen atoms in total. The maximum absolute atomic E-state index is 15.1. The lowest BCUT2D eigenvalue weighted by atomic mass is 10.0. The number of nitrogens with one attached hydrogen (secondary N) is 1. The number of amides is 2. The number of carbonyl (C=O) groups excluding carboxylic acids is 3. The Balaban J connectivity index is 1.68. The van der Waals surface area contributed by atoms with Crippen molar-refractivity contribution < 1.29 is 27.9 Å². The molecule has 0 fully saturated rings. The van der Waals surface area contributed by atoms with E-state index >= 15 is 4.39 Å². The van der Waals surface area contributed by atoms with Crippen molar-refractivity contribution in [2.24, 2.45) is 0 Å². The summed E-state index contributed by atoms with van der Waals surface area (Å²) in [7, 11) is 1.26. The number of halogens is 2. The van der Waals surface area contributed by atoms with Crippen molar-refractivity contribution in [1.82, 2.24) is 15.1 Å². The number of nitrogens with zero attached hydrogens (tertiary/aromatic N) is 3. The molecule has 184 valence electrons. The van der Waals surface area contributed by atoms with E-state index in [-0.39, 0.29) is 41.4 Å². The Morgan fingerprint density at radius 2 is 1.75 bits per heavy atom. The van der Waals surface area contributed by atoms with Crippen molar-refractivity contribution in [3.8, 4) is 0 Å². The third kappa shape index (κ3) is 4.43. The lowest BCUT2D eigenvalue weighted by Gasteiger charge is -2.20. The minimum absolute atomic E-state index is 0.0549. The zero-order chi connectivity index (χ0) is 26.2. The summed E-state index contributed by atoms with van der Waals surface area (Å²) < 4.78 is 35.4. The van der Waals surface area contributed by atoms with Crippen molar-refractivity contribution in [2.45, 2.75) is 26.1 Å². The first-order chi connectivity index (χ1) is 17.0. The van der Waals surface area contributed by atoms with E-state index in [4.69, 9.17) is 0 Å². The molecule has 0 saturated carbocycles. The third-order valence-electron chi connectivity index (χ3n) is 5.66. The predicted octanol–water partition coefficient (Wildman–Crippen LogP) is 3.73. The van der Waals surface area contributed by atoms with Gasteiger partial charge < -0.3 is 10.1 Å². The molecule has 2 aromatic rings. The molecule has 1 aromatic heterocycles. The van der Waals surface area contributed by atoms with Crippen LogP contribution in [0, 0.1) is 0 Å². The zero-order valence-corrected chi connectivity index (χ0v) is 19.8. The fourth-order valence-corrected chi connectivity index (χ4v) is 3.88. The van der Waals surface area contributed by atoms with Crippen LogP contribution in [-0.4, -0.2) is 41.2 Å². The molecule has 0 spiro atoms. The Morgan fingerprint density at radius 1 is 1.11 bits per heavy atom. The fraction of sp³-hybridized carbons (Fsp3) is 0.231. The topological polar surface area (TPSA) is 93.5 Å². The number of alkyl halides is 1. The zero-order valence-electron chi connectivity index (χ0n) is 19.8. The van der Waals surface area contributed by atoms with Crippen LogP contribution >= 0.6 is 0 Å². The molecule has 0 radical (unpaired) electrons. The Morgan fingerprint density at radius 3 is 2.36 bits per heavy atom. The Labute approximate surface area is 205 Å². The van der Waals surface area contributed by atoms with E-state index in [2.05, 4.69) is 33.2 Å². The van der Waals surface area contributed by atoms with Gasteiger partial charge >= 0.3 is 5.97 Å². The first-order valence-electron chi connectivity index (χ1n) is 10.9. The molecular weight excluding hydrogens is 470 g/mol. The molecule has 1 aromatic carbocycles. The van der Waals surface area contributed by atoms with E-state index in [1.54, 1.807) is 12.1 Å². The van der Waals surface area contributed by atoms with Crippen LogP contribution in [0.4, 0.5) is 14.6 Å². The summed E-state index contributed by atoms with van der Waals surface area (Å²) in [5.41, 5.74) is 3.34. The van der Waals surface area contributed by atoms with E-state index in [0.717, 1.165) is 12.2 Å². The number of rotatable bonds is 6. The number of allylic oxidation sites excluding steroid dienone is 2. The highest BCUT2D eigenvalue weighted by atomic mass is 19.1. The second-order valence-corrected chi connectivity index (χ2v) is 8.54. The van der Waals surface area contributed by atoms with Gasteiger partial charge in [0.05, 0.1) is 24.8 Å². The highest BCUT2D eigenvalue weighted by Crippen LogP contribution is 2.37. The van der Waals surface area contributed by atoms with Crippen molar-refractivity contribution in [3.63, 3.8) is 0 Å². The molecule has 0 saturated heterocycles. The van der Waals surface area contributed by atoms with Crippen LogP contribution in [0.2, 0.25) is 0 Å². The molecule has 36 heavy (non-hydrogen) atoms. The van der Waals surface area contributed by atoms with Gasteiger partial charge in [-0.3, -0.25) is 14.5 Å². The maximum Gasteiger partial charge on any atom is 0.337 e. The number of hydrogen-bond acceptors (Lipinski definition) is 5. The Bertz CT molecular complexity index is 1430. The molecule has 2 aliphatic rings. The summed E-state index contributed by atoms with van der Waals surface area (Å²) in [4.78, 5) is 39.4. The van der Waals surface area contributed by atoms with Crippen LogP contribution in [0.5, 0.6) is 0 Å². The average molecular weight is 492 g/mol. The Kier molecular flexibility index (Phi) is 6.33. The predicted molar refractivity (Wildman–Crippen MR) is 127 cm³/mol. The SMILES string of the molecule is C=C(NC(=O)c1c(C(C)(C)F)nn2c1N(C(=O)C1=C(F)C=C=C=C1)CC2)c1ccc(C(=O)OC)cc1. The number of ether oxygens (including phenoxy) is 1. The lowest BCUT2D eigenvalue weighted by Crippen LogP contribution is -2.33. The highest BCUT2D eigenvalue weighted by molar-refractivity contribution is 6.13. The van der Waals surface area contributed by atoms with Gasteiger partial charge in [-0.05, 0) is 31.5 Å². The first kappa shape index (κ1) is 24.6. The summed E-state index contributed by atoms with van der Waals surface area (Å²) in [6.07, 6.45) is 2.15. The summed E-state index contributed by atoms with van der Waals surface area (Å²) in [6, 6.07) is 6.16. The maximum atomic E-state index is 15.1. The quantitative estimate of drug-likeness (QED) is 0.490. The molecule has 0 bridgehead atoms. The fourth-order valence-electron chi connectivity index (χ4n) is 3.88. The smallest absolute Gasteiger partial charge is 0.337 e. The minimum Gasteiger partial charge on any atom is -0.465 e. The summed E-state index contributed by atoms with van der Waals surface area (Å²) >= 11 is 0. The monoisotopic (exact) mass is 492 g/mol. The normalized spacial score (nSPS) is 14.2. The number of hydrogen-bond donors (Lipinski definition) is 1. The largest absolute Gasteiger partial charge is 0.465 e. The number of carbonyl (C=O) groups is 3. The van der Waals surface area contributed by atoms with Crippen molar-refractivity contribution >= 4 is 29.3 Å². The van der Waals surface area contributed by atoms with Gasteiger partial charge in [0.15, 0.2) is 0 Å². The van der Waals surface area contributed by atoms with E-state index < -0.39 is 29.3 Å². The average Bonchev–Trinajstić information content (AvgIpc) is 3.43. The van der Waals surface area contributed by atoms with Gasteiger partial charge in [-0.1, -0.05) is 30.2 Å². The molecule has 4 rings (SSSR count). The number of anilines is 1. The summed E-state index contributed by atoms with van der Waals surface area (Å²) in [6.45, 7) is 6.66. The lowest BCUT2D eigenvalue weighted by molar-refractivity contribution is -0.114. The van der Waals surface area contributed by atoms with Gasteiger partial charge in [-0.2, -0.15) is 5.10 Å². The van der Waals surface area contributed by atoms with E-state index in [1.165, 1.54) is 42.7 Å². The number of esters is 1. The molecule has 1 N–H and O–H groups in total. The number of fused-ring (bicyclic) bond motifs is 1. The van der Waals surface area contributed by atoms with Crippen molar-refractivity contribution in [2.75, 3.05) is 18.6 Å². The van der Waals surface area contributed by atoms with Crippen LogP contribution in [0.15, 0.2) is 65.9 Å². The standard InChI is InChI=1S/C26H22F2N4O4/c1-15(16-9-11-17(12-10-16)25(35)36-4)29-22(33)20-21(26(2,3)28)30-32-14-13-31(23(20)32)24(34)18-7-5-6-8-19(18)27/h7-12H,1,13-14H2,2-4H3,(H,29,33). The number of benzene rings is 1. The molecule has 2 amide bonds. The van der Waals surface area contributed by atoms with E-state index in [9.17, 15) is 18.8 Å². The second-order valence-electron chi connectivity index (χ2n) is 8.54. The van der Waals surface area contributed by atoms with E-state index in [0.29, 0.717) is 11.1 Å². The molecule has 2 heterocycles. The molecular formula is C26H22F2N4O4. The van der Waals surface area contributed by atoms with Gasteiger partial charge in [-0.15, -0.1) is 0 Å². The van der Waals surface area contributed by atoms with Crippen molar-refractivity contribution in [3.05, 3.63) is 88.2 Å². The van der Waals surface area contributed by atoms with Gasteiger partial charge in [0.2, 0.25) is 0 Å². The van der Waals surface area contributed by atoms with Gasteiger partial charge in [0.1, 0.15) is 28.6 Å². The molecule has 0 unspecified atom stereocenters. The summed E-state index contributed by atoms with van der Waals surface area (Å²) in [5, 5.41) is 6.87. The first-order valence-corrected chi connectivity index (χ1v) is 10.9. The molecule has 1 aliphatic carbocycles. The van der Waals surface area contributed by atoms with Crippen LogP contribution < -0.4 is 10.2 Å². The molecule has 0 atom stereocenters. The van der Waals surface area contributed by atoms with Gasteiger partial charge in [0, 0.05) is 24.4 Å². The van der Waals surface area contributed by atoms with Crippen LogP contribution in [0.25, 0.3) is 5.70 Å². The summed E-state index contributed by atoms with van der Waals surface area (Å²) in [5.74, 6) is -2.72. The number of aromatic nitrogens is 2. The Hall–Kier alpha value is -4.52. The highest BCUT2D eigenvalue weighted by Gasteiger charge is 2.40. The molecule has 1 aliphatic heterocycles.